The van der Waals surface area contributed by atoms with Crippen LogP contribution in [0.25, 0.3) is 0 Å². The van der Waals surface area contributed by atoms with Crippen molar-refractivity contribution in [3.05, 3.63) is 77.2 Å². The predicted molar refractivity (Wildman–Crippen MR) is 86.0 cm³/mol. The normalized spacial score (nSPS) is 10.3. The summed E-state index contributed by atoms with van der Waals surface area (Å²) in [5.41, 5.74) is 0.763. The van der Waals surface area contributed by atoms with Gasteiger partial charge in [-0.05, 0) is 36.4 Å². The minimum atomic E-state index is -0.579. The number of aromatic nitrogens is 2. The fourth-order valence-electron chi connectivity index (χ4n) is 1.99. The first kappa shape index (κ1) is 17.3. The second-order valence-corrected chi connectivity index (χ2v) is 5.16. The van der Waals surface area contributed by atoms with Gasteiger partial charge in [0.1, 0.15) is 17.9 Å². The number of ether oxygens (including phenoxy) is 2. The standard InChI is InChI=1S/C18H13FN2O5/c19-14-5-7-15(8-6-14)24-10-16-20-17(26-21-16)11-25-18(23)13-3-1-12(9-22)2-4-13/h1-9H,10-11H2. The smallest absolute Gasteiger partial charge is 0.338 e. The molecule has 0 radical (unpaired) electrons. The van der Waals surface area contributed by atoms with Gasteiger partial charge in [-0.2, -0.15) is 4.98 Å². The van der Waals surface area contributed by atoms with E-state index in [0.717, 1.165) is 0 Å². The van der Waals surface area contributed by atoms with Crippen LogP contribution in [0.3, 0.4) is 0 Å². The molecule has 0 saturated heterocycles. The third-order valence-corrected chi connectivity index (χ3v) is 3.30. The van der Waals surface area contributed by atoms with Gasteiger partial charge in [0, 0.05) is 5.56 Å². The summed E-state index contributed by atoms with van der Waals surface area (Å²) in [6.07, 6.45) is 0.684. The predicted octanol–water partition coefficient (Wildman–Crippen LogP) is 2.96. The minimum Gasteiger partial charge on any atom is -0.485 e. The summed E-state index contributed by atoms with van der Waals surface area (Å²) >= 11 is 0. The molecule has 0 spiro atoms. The highest BCUT2D eigenvalue weighted by atomic mass is 19.1. The first-order valence-corrected chi connectivity index (χ1v) is 7.56. The largest absolute Gasteiger partial charge is 0.485 e. The number of nitrogens with zero attached hydrogens (tertiary/aromatic N) is 2. The summed E-state index contributed by atoms with van der Waals surface area (Å²) in [7, 11) is 0. The third kappa shape index (κ3) is 4.50. The van der Waals surface area contributed by atoms with E-state index in [2.05, 4.69) is 10.1 Å². The molecule has 0 amide bonds. The molecule has 26 heavy (non-hydrogen) atoms. The molecule has 3 aromatic rings. The van der Waals surface area contributed by atoms with Gasteiger partial charge in [-0.15, -0.1) is 0 Å². The molecule has 0 aliphatic rings. The Labute approximate surface area is 147 Å². The van der Waals surface area contributed by atoms with Crippen LogP contribution in [0.1, 0.15) is 32.4 Å². The number of aldehydes is 1. The second-order valence-electron chi connectivity index (χ2n) is 5.16. The minimum absolute atomic E-state index is 0.0240. The molecule has 0 bridgehead atoms. The molecule has 3 rings (SSSR count). The van der Waals surface area contributed by atoms with Crippen molar-refractivity contribution in [2.45, 2.75) is 13.2 Å². The van der Waals surface area contributed by atoms with Gasteiger partial charge in [0.2, 0.25) is 5.82 Å². The van der Waals surface area contributed by atoms with Crippen molar-refractivity contribution in [1.29, 1.82) is 0 Å². The number of halogens is 1. The zero-order valence-electron chi connectivity index (χ0n) is 13.4. The molecule has 0 aliphatic carbocycles. The zero-order valence-corrected chi connectivity index (χ0v) is 13.4. The molecule has 132 valence electrons. The van der Waals surface area contributed by atoms with Crippen molar-refractivity contribution in [1.82, 2.24) is 10.1 Å². The first-order valence-electron chi connectivity index (χ1n) is 7.56. The second kappa shape index (κ2) is 8.02. The molecule has 2 aromatic carbocycles. The fourth-order valence-corrected chi connectivity index (χ4v) is 1.99. The van der Waals surface area contributed by atoms with E-state index >= 15 is 0 Å². The average Bonchev–Trinajstić information content (AvgIpc) is 3.13. The SMILES string of the molecule is O=Cc1ccc(C(=O)OCc2nc(COc3ccc(F)cc3)no2)cc1. The summed E-state index contributed by atoms with van der Waals surface area (Å²) < 4.78 is 28.2. The third-order valence-electron chi connectivity index (χ3n) is 3.30. The summed E-state index contributed by atoms with van der Waals surface area (Å²) in [4.78, 5) is 26.5. The topological polar surface area (TPSA) is 91.5 Å². The molecule has 0 saturated carbocycles. The summed E-state index contributed by atoms with van der Waals surface area (Å²) in [6, 6.07) is 11.5. The maximum absolute atomic E-state index is 12.8. The quantitative estimate of drug-likeness (QED) is 0.475. The van der Waals surface area contributed by atoms with Gasteiger partial charge in [0.05, 0.1) is 5.56 Å². The maximum Gasteiger partial charge on any atom is 0.338 e. The number of esters is 1. The number of carbonyl (C=O) groups excluding carboxylic acids is 2. The Kier molecular flexibility index (Phi) is 5.33. The van der Waals surface area contributed by atoms with Gasteiger partial charge < -0.3 is 14.0 Å². The average molecular weight is 356 g/mol. The Morgan fingerprint density at radius 3 is 2.50 bits per heavy atom. The number of hydrogen-bond donors (Lipinski definition) is 0. The van der Waals surface area contributed by atoms with Crippen molar-refractivity contribution >= 4 is 12.3 Å². The van der Waals surface area contributed by atoms with Crippen LogP contribution in [-0.2, 0) is 18.0 Å². The fraction of sp³-hybridized carbons (Fsp3) is 0.111. The van der Waals surface area contributed by atoms with Crippen molar-refractivity contribution in [3.63, 3.8) is 0 Å². The lowest BCUT2D eigenvalue weighted by molar-refractivity contribution is 0.0429. The molecule has 0 aliphatic heterocycles. The first-order chi connectivity index (χ1) is 12.6. The van der Waals surface area contributed by atoms with Crippen molar-refractivity contribution in [2.24, 2.45) is 0 Å². The summed E-state index contributed by atoms with van der Waals surface area (Å²) in [5.74, 6) is -0.106. The van der Waals surface area contributed by atoms with Crippen LogP contribution in [0, 0.1) is 5.82 Å². The van der Waals surface area contributed by atoms with E-state index in [-0.39, 0.29) is 30.7 Å². The lowest BCUT2D eigenvalue weighted by atomic mass is 10.1. The molecule has 0 fully saturated rings. The summed E-state index contributed by atoms with van der Waals surface area (Å²) in [6.45, 7) is -0.173. The van der Waals surface area contributed by atoms with Crippen LogP contribution < -0.4 is 4.74 Å². The zero-order chi connectivity index (χ0) is 18.4. The molecule has 7 nitrogen and oxygen atoms in total. The van der Waals surface area contributed by atoms with Gasteiger partial charge in [0.25, 0.3) is 5.89 Å². The van der Waals surface area contributed by atoms with Gasteiger partial charge >= 0.3 is 5.97 Å². The van der Waals surface area contributed by atoms with Crippen molar-refractivity contribution < 1.29 is 28.0 Å². The number of carbonyl (C=O) groups is 2. The van der Waals surface area contributed by atoms with Crippen LogP contribution in [0.5, 0.6) is 5.75 Å². The summed E-state index contributed by atoms with van der Waals surface area (Å²) in [5, 5.41) is 3.71. The highest BCUT2D eigenvalue weighted by Gasteiger charge is 2.12. The molecule has 8 heteroatoms. The van der Waals surface area contributed by atoms with Gasteiger partial charge in [-0.3, -0.25) is 4.79 Å². The van der Waals surface area contributed by atoms with E-state index < -0.39 is 5.97 Å². The maximum atomic E-state index is 12.8. The van der Waals surface area contributed by atoms with Gasteiger partial charge in [-0.25, -0.2) is 9.18 Å². The van der Waals surface area contributed by atoms with E-state index in [1.165, 1.54) is 48.5 Å². The van der Waals surface area contributed by atoms with Crippen molar-refractivity contribution in [2.75, 3.05) is 0 Å². The molecule has 1 heterocycles. The van der Waals surface area contributed by atoms with E-state index in [1.54, 1.807) is 0 Å². The van der Waals surface area contributed by atoms with E-state index in [9.17, 15) is 14.0 Å². The highest BCUT2D eigenvalue weighted by molar-refractivity contribution is 5.90. The Hall–Kier alpha value is -3.55. The molecular formula is C18H13FN2O5. The van der Waals surface area contributed by atoms with E-state index in [0.29, 0.717) is 23.2 Å². The Balaban J connectivity index is 1.50. The van der Waals surface area contributed by atoms with E-state index in [1.807, 2.05) is 0 Å². The number of rotatable bonds is 7. The molecular weight excluding hydrogens is 343 g/mol. The van der Waals surface area contributed by atoms with Crippen LogP contribution in [0.15, 0.2) is 53.1 Å². The molecule has 0 atom stereocenters. The lowest BCUT2D eigenvalue weighted by Gasteiger charge is -2.02. The van der Waals surface area contributed by atoms with Gasteiger partial charge in [-0.1, -0.05) is 17.3 Å². The Morgan fingerprint density at radius 2 is 1.81 bits per heavy atom. The van der Waals surface area contributed by atoms with E-state index in [4.69, 9.17) is 14.0 Å². The van der Waals surface area contributed by atoms with Crippen molar-refractivity contribution in [3.8, 4) is 5.75 Å². The van der Waals surface area contributed by atoms with Gasteiger partial charge in [0.15, 0.2) is 13.2 Å². The monoisotopic (exact) mass is 356 g/mol. The molecule has 0 unspecified atom stereocenters. The Morgan fingerprint density at radius 1 is 1.08 bits per heavy atom. The van der Waals surface area contributed by atoms with Crippen LogP contribution in [-0.4, -0.2) is 22.4 Å². The van der Waals surface area contributed by atoms with Crippen LogP contribution in [0.2, 0.25) is 0 Å². The lowest BCUT2D eigenvalue weighted by Crippen LogP contribution is -2.05. The Bertz CT molecular complexity index is 891. The number of hydrogen-bond acceptors (Lipinski definition) is 7. The number of benzene rings is 2. The molecule has 0 N–H and O–H groups in total. The highest BCUT2D eigenvalue weighted by Crippen LogP contribution is 2.13. The van der Waals surface area contributed by atoms with Crippen LogP contribution >= 0.6 is 0 Å². The van der Waals surface area contributed by atoms with Crippen LogP contribution in [0.4, 0.5) is 4.39 Å². The molecule has 1 aromatic heterocycles.